The van der Waals surface area contributed by atoms with E-state index < -0.39 is 0 Å². The fourth-order valence-corrected chi connectivity index (χ4v) is 4.07. The van der Waals surface area contributed by atoms with Crippen molar-refractivity contribution in [3.05, 3.63) is 90.0 Å². The van der Waals surface area contributed by atoms with E-state index in [0.29, 0.717) is 12.5 Å². The van der Waals surface area contributed by atoms with E-state index in [4.69, 9.17) is 5.73 Å². The van der Waals surface area contributed by atoms with E-state index in [1.165, 1.54) is 11.1 Å². The maximum absolute atomic E-state index is 13.4. The Balaban J connectivity index is 1.81. The lowest BCUT2D eigenvalue weighted by Crippen LogP contribution is -2.48. The second-order valence-corrected chi connectivity index (χ2v) is 9.24. The van der Waals surface area contributed by atoms with E-state index in [1.807, 2.05) is 49.4 Å². The van der Waals surface area contributed by atoms with Crippen LogP contribution in [0.25, 0.3) is 11.1 Å². The molecule has 0 saturated carbocycles. The monoisotopic (exact) mass is 457 g/mol. The molecule has 34 heavy (non-hydrogen) atoms. The molecule has 0 aromatic heterocycles. The fraction of sp³-hybridized carbons (Fsp3) is 0.367. The summed E-state index contributed by atoms with van der Waals surface area (Å²) in [4.78, 5) is 15.2. The highest BCUT2D eigenvalue weighted by Gasteiger charge is 2.23. The first-order valence-electron chi connectivity index (χ1n) is 12.5. The highest BCUT2D eigenvalue weighted by molar-refractivity contribution is 5.92. The first-order valence-corrected chi connectivity index (χ1v) is 12.5. The van der Waals surface area contributed by atoms with Gasteiger partial charge in [0, 0.05) is 18.3 Å². The molecular weight excluding hydrogens is 418 g/mol. The number of nitrogens with one attached hydrogen (secondary N) is 1. The molecule has 3 atom stereocenters. The number of hydrogen-bond acceptors (Lipinski definition) is 2. The van der Waals surface area contributed by atoms with Gasteiger partial charge in [-0.2, -0.15) is 0 Å². The number of urea groups is 1. The average Bonchev–Trinajstić information content (AvgIpc) is 2.87. The van der Waals surface area contributed by atoms with E-state index in [-0.39, 0.29) is 18.1 Å². The van der Waals surface area contributed by atoms with Gasteiger partial charge in [-0.25, -0.2) is 4.79 Å². The van der Waals surface area contributed by atoms with Crippen LogP contribution < -0.4 is 16.0 Å². The van der Waals surface area contributed by atoms with E-state index >= 15 is 0 Å². The zero-order valence-corrected chi connectivity index (χ0v) is 21.0. The summed E-state index contributed by atoms with van der Waals surface area (Å²) in [6, 6.07) is 26.6. The van der Waals surface area contributed by atoms with Crippen LogP contribution >= 0.6 is 0 Å². The van der Waals surface area contributed by atoms with Crippen molar-refractivity contribution in [3.63, 3.8) is 0 Å². The number of carbonyl (C=O) groups excluding carboxylic acids is 1. The molecule has 0 radical (unpaired) electrons. The smallest absolute Gasteiger partial charge is 0.322 e. The second kappa shape index (κ2) is 12.4. The van der Waals surface area contributed by atoms with Gasteiger partial charge in [0.1, 0.15) is 0 Å². The van der Waals surface area contributed by atoms with Crippen molar-refractivity contribution in [3.8, 4) is 11.1 Å². The third-order valence-electron chi connectivity index (χ3n) is 6.66. The lowest BCUT2D eigenvalue weighted by atomic mass is 9.99. The molecule has 3 rings (SSSR count). The maximum atomic E-state index is 13.4. The van der Waals surface area contributed by atoms with Gasteiger partial charge in [0.05, 0.1) is 6.04 Å². The summed E-state index contributed by atoms with van der Waals surface area (Å²) in [7, 11) is 0. The summed E-state index contributed by atoms with van der Waals surface area (Å²) in [6.07, 6.45) is 3.22. The first-order chi connectivity index (χ1) is 16.4. The largest absolute Gasteiger partial charge is 0.331 e. The van der Waals surface area contributed by atoms with E-state index in [2.05, 4.69) is 62.5 Å². The van der Waals surface area contributed by atoms with Crippen molar-refractivity contribution in [2.45, 2.75) is 59.0 Å². The lowest BCUT2D eigenvalue weighted by molar-refractivity contribution is 0.242. The summed E-state index contributed by atoms with van der Waals surface area (Å²) >= 11 is 0. The molecule has 0 aliphatic rings. The van der Waals surface area contributed by atoms with E-state index in [1.54, 1.807) is 4.90 Å². The number of rotatable bonds is 10. The molecule has 4 nitrogen and oxygen atoms in total. The lowest BCUT2D eigenvalue weighted by Gasteiger charge is -2.30. The summed E-state index contributed by atoms with van der Waals surface area (Å²) in [5.74, 6) is 0.322. The predicted octanol–water partition coefficient (Wildman–Crippen LogP) is 6.96. The van der Waals surface area contributed by atoms with Crippen LogP contribution in [0.4, 0.5) is 10.5 Å². The Kier molecular flexibility index (Phi) is 9.29. The van der Waals surface area contributed by atoms with Crippen LogP contribution in [0.3, 0.4) is 0 Å². The van der Waals surface area contributed by atoms with Crippen LogP contribution in [0.2, 0.25) is 0 Å². The second-order valence-electron chi connectivity index (χ2n) is 9.24. The van der Waals surface area contributed by atoms with Gasteiger partial charge in [-0.05, 0) is 53.6 Å². The minimum absolute atomic E-state index is 0.100. The zero-order chi connectivity index (χ0) is 24.5. The Morgan fingerprint density at radius 2 is 1.47 bits per heavy atom. The molecule has 0 aliphatic heterocycles. The van der Waals surface area contributed by atoms with Gasteiger partial charge in [-0.1, -0.05) is 100 Å². The maximum Gasteiger partial charge on any atom is 0.322 e. The Morgan fingerprint density at radius 1 is 0.882 bits per heavy atom. The van der Waals surface area contributed by atoms with Crippen molar-refractivity contribution in [2.75, 3.05) is 11.4 Å². The zero-order valence-electron chi connectivity index (χ0n) is 21.0. The number of carbonyl (C=O) groups is 1. The normalized spacial score (nSPS) is 13.7. The van der Waals surface area contributed by atoms with Crippen LogP contribution in [-0.2, 0) is 6.42 Å². The Bertz CT molecular complexity index is 1020. The highest BCUT2D eigenvalue weighted by atomic mass is 16.2. The van der Waals surface area contributed by atoms with Crippen molar-refractivity contribution in [2.24, 2.45) is 11.7 Å². The van der Waals surface area contributed by atoms with E-state index in [9.17, 15) is 4.79 Å². The molecule has 4 heteroatoms. The van der Waals surface area contributed by atoms with Crippen molar-refractivity contribution >= 4 is 11.7 Å². The highest BCUT2D eigenvalue weighted by Crippen LogP contribution is 2.25. The Labute approximate surface area is 205 Å². The molecule has 0 heterocycles. The molecule has 3 N–H and O–H groups in total. The third kappa shape index (κ3) is 6.71. The molecule has 180 valence electrons. The predicted molar refractivity (Wildman–Crippen MR) is 144 cm³/mol. The van der Waals surface area contributed by atoms with Gasteiger partial charge < -0.3 is 11.1 Å². The minimum Gasteiger partial charge on any atom is -0.331 e. The SMILES string of the molecule is CCCc1ccc(-c2ccc(N(C[C@@H](N)[C@@H](C)CC)C(=O)N[C@@H](C)c3ccccc3)cc2)cc1. The van der Waals surface area contributed by atoms with Crippen molar-refractivity contribution in [1.82, 2.24) is 5.32 Å². The summed E-state index contributed by atoms with van der Waals surface area (Å²) in [6.45, 7) is 8.94. The van der Waals surface area contributed by atoms with Gasteiger partial charge in [0.15, 0.2) is 0 Å². The van der Waals surface area contributed by atoms with Crippen LogP contribution in [-0.4, -0.2) is 18.6 Å². The van der Waals surface area contributed by atoms with Crippen LogP contribution in [0, 0.1) is 5.92 Å². The quantitative estimate of drug-likeness (QED) is 0.346. The van der Waals surface area contributed by atoms with Gasteiger partial charge in [0.25, 0.3) is 0 Å². The molecule has 0 saturated heterocycles. The molecule has 0 aliphatic carbocycles. The summed E-state index contributed by atoms with van der Waals surface area (Å²) in [5, 5.41) is 3.15. The van der Waals surface area contributed by atoms with Gasteiger partial charge in [0.2, 0.25) is 0 Å². The van der Waals surface area contributed by atoms with Gasteiger partial charge in [-0.15, -0.1) is 0 Å². The molecule has 0 fully saturated rings. The van der Waals surface area contributed by atoms with E-state index in [0.717, 1.165) is 36.1 Å². The summed E-state index contributed by atoms with van der Waals surface area (Å²) in [5.41, 5.74) is 12.1. The fourth-order valence-electron chi connectivity index (χ4n) is 4.07. The standard InChI is InChI=1S/C30H39N3O/c1-5-10-24-13-15-26(16-14-24)27-17-19-28(20-18-27)33(21-29(31)22(3)6-2)30(34)32-23(4)25-11-8-7-9-12-25/h7-9,11-20,22-23,29H,5-6,10,21,31H2,1-4H3,(H,32,34)/t22-,23-,29+/m0/s1. The minimum atomic E-state index is -0.133. The van der Waals surface area contributed by atoms with Crippen molar-refractivity contribution < 1.29 is 4.79 Å². The number of nitrogens with zero attached hydrogens (tertiary/aromatic N) is 1. The molecule has 0 spiro atoms. The molecule has 3 aromatic rings. The molecule has 3 aromatic carbocycles. The molecule has 0 bridgehead atoms. The molecule has 2 amide bonds. The van der Waals surface area contributed by atoms with Crippen LogP contribution in [0.5, 0.6) is 0 Å². The molecule has 0 unspecified atom stereocenters. The third-order valence-corrected chi connectivity index (χ3v) is 6.66. The Morgan fingerprint density at radius 3 is 2.03 bits per heavy atom. The summed E-state index contributed by atoms with van der Waals surface area (Å²) < 4.78 is 0. The number of benzene rings is 3. The Hall–Kier alpha value is -3.11. The van der Waals surface area contributed by atoms with Gasteiger partial charge in [-0.3, -0.25) is 4.90 Å². The number of aryl methyl sites for hydroxylation is 1. The van der Waals surface area contributed by atoms with Crippen LogP contribution in [0.15, 0.2) is 78.9 Å². The van der Waals surface area contributed by atoms with Gasteiger partial charge >= 0.3 is 6.03 Å². The van der Waals surface area contributed by atoms with Crippen LogP contribution in [0.1, 0.15) is 57.7 Å². The molecular formula is C30H39N3O. The number of hydrogen-bond donors (Lipinski definition) is 2. The number of anilines is 1. The number of amides is 2. The first kappa shape index (κ1) is 25.5. The topological polar surface area (TPSA) is 58.4 Å². The number of nitrogens with two attached hydrogens (primary N) is 1. The van der Waals surface area contributed by atoms with Crippen molar-refractivity contribution in [1.29, 1.82) is 0 Å². The average molecular weight is 458 g/mol.